The lowest BCUT2D eigenvalue weighted by molar-refractivity contribution is -0.274. The van der Waals surface area contributed by atoms with Gasteiger partial charge >= 0.3 is 12.3 Å². The molecule has 4 rings (SSSR count). The molecule has 1 amide bonds. The number of hydrogen-bond donors (Lipinski definition) is 5. The summed E-state index contributed by atoms with van der Waals surface area (Å²) in [6, 6.07) is 8.06. The van der Waals surface area contributed by atoms with E-state index in [4.69, 9.17) is 5.73 Å². The van der Waals surface area contributed by atoms with E-state index in [0.29, 0.717) is 21.6 Å². The van der Waals surface area contributed by atoms with Crippen LogP contribution >= 0.6 is 11.3 Å². The van der Waals surface area contributed by atoms with Crippen LogP contribution in [0.1, 0.15) is 23.7 Å². The Morgan fingerprint density at radius 1 is 1.29 bits per heavy atom. The molecule has 0 fully saturated rings. The van der Waals surface area contributed by atoms with E-state index in [9.17, 15) is 33.0 Å². The van der Waals surface area contributed by atoms with Crippen molar-refractivity contribution in [1.82, 2.24) is 4.98 Å². The molecular weight excluding hydrogens is 491 g/mol. The van der Waals surface area contributed by atoms with Gasteiger partial charge in [-0.15, -0.1) is 13.2 Å². The fourth-order valence-corrected chi connectivity index (χ4v) is 4.78. The lowest BCUT2D eigenvalue weighted by Gasteiger charge is -2.41. The lowest BCUT2D eigenvalue weighted by Crippen LogP contribution is -2.61. The number of thiazole rings is 1. The number of aliphatic hydroxyl groups is 1. The van der Waals surface area contributed by atoms with Crippen LogP contribution < -0.4 is 26.0 Å². The molecule has 2 atom stereocenters. The molecule has 3 aromatic rings. The number of anilines is 3. The smallest absolute Gasteiger partial charge is 0.478 e. The molecule has 2 heterocycles. The van der Waals surface area contributed by atoms with Crippen LogP contribution in [0.3, 0.4) is 0 Å². The highest BCUT2D eigenvalue weighted by Gasteiger charge is 2.49. The summed E-state index contributed by atoms with van der Waals surface area (Å²) in [6.07, 6.45) is -5.15. The summed E-state index contributed by atoms with van der Waals surface area (Å²) in [4.78, 5) is 29.4. The van der Waals surface area contributed by atoms with E-state index >= 15 is 0 Å². The molecule has 0 saturated heterocycles. The number of nitrogens with zero attached hydrogens (tertiary/aromatic N) is 2. The number of benzene rings is 2. The molecule has 10 nitrogen and oxygen atoms in total. The normalized spacial score (nSPS) is 19.1. The third-order valence-electron chi connectivity index (χ3n) is 5.56. The van der Waals surface area contributed by atoms with Gasteiger partial charge in [-0.2, -0.15) is 0 Å². The van der Waals surface area contributed by atoms with Gasteiger partial charge in [-0.05, 0) is 37.3 Å². The summed E-state index contributed by atoms with van der Waals surface area (Å²) in [7, 11) is 1.64. The molecule has 2 unspecified atom stereocenters. The van der Waals surface area contributed by atoms with Crippen molar-refractivity contribution in [3.05, 3.63) is 42.0 Å². The number of aromatic nitrogens is 1. The number of alkyl halides is 3. The van der Waals surface area contributed by atoms with Crippen molar-refractivity contribution in [1.29, 1.82) is 0 Å². The Kier molecular flexibility index (Phi) is 5.68. The summed E-state index contributed by atoms with van der Waals surface area (Å²) in [5, 5.41) is 26.5. The Bertz CT molecular complexity index is 1330. The molecule has 6 N–H and O–H groups in total. The summed E-state index contributed by atoms with van der Waals surface area (Å²) >= 11 is 1.02. The van der Waals surface area contributed by atoms with Gasteiger partial charge in [0.25, 0.3) is 0 Å². The molecule has 0 bridgehead atoms. The standard InChI is InChI=1S/C21H20F3N5O5S/c1-19(33,17(25)32)9-20(27-13-7-10(16(30)31)3-6-14(13)29(20)2)28-18-26-12-5-4-11(8-15(12)35-18)34-21(22,23)24/h3-8,27,33H,9H2,1-2H3,(H2,25,32)(H,26,28)(H,30,31). The molecule has 1 aliphatic heterocycles. The minimum Gasteiger partial charge on any atom is -0.478 e. The predicted octanol–water partition coefficient (Wildman–Crippen LogP) is 3.15. The Morgan fingerprint density at radius 3 is 2.63 bits per heavy atom. The van der Waals surface area contributed by atoms with Gasteiger partial charge in [-0.25, -0.2) is 9.78 Å². The van der Waals surface area contributed by atoms with Gasteiger partial charge < -0.3 is 36.2 Å². The number of halogens is 3. The number of carboxylic acids is 1. The molecule has 0 aliphatic carbocycles. The zero-order valence-corrected chi connectivity index (χ0v) is 19.1. The van der Waals surface area contributed by atoms with E-state index in [2.05, 4.69) is 20.4 Å². The number of carbonyl (C=O) groups is 2. The molecule has 0 radical (unpaired) electrons. The summed E-state index contributed by atoms with van der Waals surface area (Å²) in [5.41, 5.74) is 4.74. The first-order chi connectivity index (χ1) is 16.2. The van der Waals surface area contributed by atoms with Crippen LogP contribution in [0, 0.1) is 0 Å². The first kappa shape index (κ1) is 24.3. The molecular formula is C21H20F3N5O5S. The molecule has 14 heteroatoms. The molecule has 35 heavy (non-hydrogen) atoms. The van der Waals surface area contributed by atoms with Crippen molar-refractivity contribution in [2.45, 2.75) is 31.1 Å². The van der Waals surface area contributed by atoms with E-state index in [1.54, 1.807) is 18.0 Å². The van der Waals surface area contributed by atoms with Crippen LogP contribution in [0.2, 0.25) is 0 Å². The van der Waals surface area contributed by atoms with Crippen molar-refractivity contribution >= 4 is 49.9 Å². The SMILES string of the molecule is CN1c2ccc(C(=O)O)cc2NC1(CC(C)(O)C(N)=O)Nc1nc2ccc(OC(F)(F)F)cc2s1. The van der Waals surface area contributed by atoms with E-state index in [0.717, 1.165) is 17.4 Å². The fraction of sp³-hybridized carbons (Fsp3) is 0.286. The van der Waals surface area contributed by atoms with Crippen LogP contribution in [0.5, 0.6) is 5.75 Å². The van der Waals surface area contributed by atoms with E-state index < -0.39 is 35.4 Å². The minimum absolute atomic E-state index is 0.0132. The van der Waals surface area contributed by atoms with Gasteiger partial charge in [0.2, 0.25) is 5.91 Å². The topological polar surface area (TPSA) is 150 Å². The maximum absolute atomic E-state index is 12.6. The third-order valence-corrected chi connectivity index (χ3v) is 6.49. The largest absolute Gasteiger partial charge is 0.573 e. The number of carboxylic acid groups (broad SMARTS) is 1. The van der Waals surface area contributed by atoms with Gasteiger partial charge in [-0.1, -0.05) is 11.3 Å². The second-order valence-electron chi connectivity index (χ2n) is 8.22. The number of amides is 1. The zero-order valence-electron chi connectivity index (χ0n) is 18.3. The lowest BCUT2D eigenvalue weighted by atomic mass is 9.96. The maximum atomic E-state index is 12.6. The van der Waals surface area contributed by atoms with E-state index in [1.807, 2.05) is 0 Å². The maximum Gasteiger partial charge on any atom is 0.573 e. The Hall–Kier alpha value is -3.78. The monoisotopic (exact) mass is 511 g/mol. The fourth-order valence-electron chi connectivity index (χ4n) is 3.81. The number of rotatable bonds is 7. The Labute approximate surface area is 200 Å². The first-order valence-corrected chi connectivity index (χ1v) is 10.9. The van der Waals surface area contributed by atoms with Gasteiger partial charge in [0.15, 0.2) is 10.9 Å². The number of nitrogens with one attached hydrogen (secondary N) is 2. The number of aromatic carboxylic acids is 1. The van der Waals surface area contributed by atoms with E-state index in [1.165, 1.54) is 31.2 Å². The highest BCUT2D eigenvalue weighted by Crippen LogP contribution is 2.44. The number of nitrogens with two attached hydrogens (primary N) is 1. The first-order valence-electron chi connectivity index (χ1n) is 10.1. The number of ether oxygens (including phenoxy) is 1. The van der Waals surface area contributed by atoms with Gasteiger partial charge in [-0.3, -0.25) is 4.79 Å². The second-order valence-corrected chi connectivity index (χ2v) is 9.25. The van der Waals surface area contributed by atoms with Gasteiger partial charge in [0.1, 0.15) is 11.4 Å². The molecule has 0 saturated carbocycles. The third kappa shape index (κ3) is 4.74. The van der Waals surface area contributed by atoms with Gasteiger partial charge in [0, 0.05) is 19.5 Å². The average Bonchev–Trinajstić information content (AvgIpc) is 3.23. The molecule has 2 aromatic carbocycles. The zero-order chi connectivity index (χ0) is 25.8. The summed E-state index contributed by atoms with van der Waals surface area (Å²) < 4.78 is 42.1. The van der Waals surface area contributed by atoms with Gasteiger partial charge in [0.05, 0.1) is 27.2 Å². The Balaban J connectivity index is 1.73. The highest BCUT2D eigenvalue weighted by atomic mass is 32.1. The second kappa shape index (κ2) is 8.16. The molecule has 1 aromatic heterocycles. The van der Waals surface area contributed by atoms with Crippen molar-refractivity contribution in [2.75, 3.05) is 22.6 Å². The van der Waals surface area contributed by atoms with Crippen molar-refractivity contribution < 1.29 is 37.7 Å². The summed E-state index contributed by atoms with van der Waals surface area (Å²) in [6.45, 7) is 1.24. The highest BCUT2D eigenvalue weighted by molar-refractivity contribution is 7.22. The van der Waals surface area contributed by atoms with Crippen LogP contribution in [0.4, 0.5) is 29.7 Å². The predicted molar refractivity (Wildman–Crippen MR) is 123 cm³/mol. The minimum atomic E-state index is -4.85. The quantitative estimate of drug-likeness (QED) is 0.322. The van der Waals surface area contributed by atoms with Crippen molar-refractivity contribution in [3.63, 3.8) is 0 Å². The van der Waals surface area contributed by atoms with Crippen molar-refractivity contribution in [2.24, 2.45) is 5.73 Å². The van der Waals surface area contributed by atoms with Crippen LogP contribution in [0.25, 0.3) is 10.2 Å². The van der Waals surface area contributed by atoms with Crippen molar-refractivity contribution in [3.8, 4) is 5.75 Å². The van der Waals surface area contributed by atoms with Crippen LogP contribution in [-0.4, -0.2) is 51.9 Å². The number of carbonyl (C=O) groups excluding carboxylic acids is 1. The average molecular weight is 511 g/mol. The molecule has 0 spiro atoms. The molecule has 1 aliphatic rings. The van der Waals surface area contributed by atoms with E-state index in [-0.39, 0.29) is 17.1 Å². The van der Waals surface area contributed by atoms with Crippen LogP contribution in [-0.2, 0) is 4.79 Å². The number of fused-ring (bicyclic) bond motifs is 2. The number of primary amides is 1. The van der Waals surface area contributed by atoms with Crippen LogP contribution in [0.15, 0.2) is 36.4 Å². The Morgan fingerprint density at radius 2 is 2.00 bits per heavy atom. The molecule has 186 valence electrons. The summed E-state index contributed by atoms with van der Waals surface area (Å²) in [5.74, 6) is -3.95. The number of hydrogen-bond acceptors (Lipinski definition) is 9.